The second-order valence-corrected chi connectivity index (χ2v) is 5.17. The van der Waals surface area contributed by atoms with Crippen molar-refractivity contribution in [3.05, 3.63) is 11.9 Å². The molecule has 0 aliphatic rings. The van der Waals surface area contributed by atoms with Gasteiger partial charge in [-0.3, -0.25) is 9.48 Å². The largest absolute Gasteiger partial charge is 0.396 e. The molecule has 1 aromatic rings. The average molecular weight is 224 g/mol. The number of nitrogens with one attached hydrogen (secondary N) is 1. The smallest absolute Gasteiger partial charge is 0.274 e. The van der Waals surface area contributed by atoms with Gasteiger partial charge < -0.3 is 11.1 Å². The van der Waals surface area contributed by atoms with Crippen molar-refractivity contribution >= 4 is 11.6 Å². The predicted octanol–water partition coefficient (Wildman–Crippen LogP) is 1.17. The molecule has 0 saturated heterocycles. The third kappa shape index (κ3) is 2.74. The number of rotatable bonds is 2. The second kappa shape index (κ2) is 4.15. The quantitative estimate of drug-likeness (QED) is 0.792. The molecular weight excluding hydrogens is 204 g/mol. The number of nitrogens with two attached hydrogens (primary N) is 1. The number of nitrogens with zero attached hydrogens (tertiary/aromatic N) is 2. The number of hydrogen-bond donors (Lipinski definition) is 2. The van der Waals surface area contributed by atoms with Crippen molar-refractivity contribution in [2.75, 3.05) is 5.73 Å². The van der Waals surface area contributed by atoms with E-state index in [1.807, 2.05) is 6.92 Å². The first-order valence-electron chi connectivity index (χ1n) is 5.32. The number of hydrogen-bond acceptors (Lipinski definition) is 3. The van der Waals surface area contributed by atoms with Crippen LogP contribution in [0.3, 0.4) is 0 Å². The van der Waals surface area contributed by atoms with E-state index in [1.165, 1.54) is 4.68 Å². The van der Waals surface area contributed by atoms with Gasteiger partial charge >= 0.3 is 0 Å². The first kappa shape index (κ1) is 12.5. The molecular formula is C11H20N4O. The number of aryl methyl sites for hydroxylation is 1. The van der Waals surface area contributed by atoms with Gasteiger partial charge in [0, 0.05) is 19.3 Å². The first-order chi connectivity index (χ1) is 7.21. The lowest BCUT2D eigenvalue weighted by atomic mass is 9.88. The van der Waals surface area contributed by atoms with Crippen molar-refractivity contribution in [2.24, 2.45) is 12.5 Å². The van der Waals surface area contributed by atoms with E-state index in [0.717, 1.165) is 0 Å². The Labute approximate surface area is 96.0 Å². The monoisotopic (exact) mass is 224 g/mol. The highest BCUT2D eigenvalue weighted by atomic mass is 16.2. The maximum absolute atomic E-state index is 11.9. The first-order valence-corrected chi connectivity index (χ1v) is 5.32. The lowest BCUT2D eigenvalue weighted by Crippen LogP contribution is -2.41. The number of carbonyl (C=O) groups excluding carboxylic acids is 1. The normalized spacial score (nSPS) is 13.6. The van der Waals surface area contributed by atoms with Gasteiger partial charge in [0.05, 0.1) is 5.69 Å². The zero-order valence-electron chi connectivity index (χ0n) is 10.5. The summed E-state index contributed by atoms with van der Waals surface area (Å²) in [6.07, 6.45) is 1.62. The van der Waals surface area contributed by atoms with E-state index in [4.69, 9.17) is 5.73 Å². The summed E-state index contributed by atoms with van der Waals surface area (Å²) >= 11 is 0. The van der Waals surface area contributed by atoms with Crippen molar-refractivity contribution in [3.8, 4) is 0 Å². The van der Waals surface area contributed by atoms with Crippen molar-refractivity contribution in [2.45, 2.75) is 33.7 Å². The van der Waals surface area contributed by atoms with E-state index < -0.39 is 0 Å². The van der Waals surface area contributed by atoms with Gasteiger partial charge in [0.25, 0.3) is 5.91 Å². The van der Waals surface area contributed by atoms with Crippen LogP contribution in [0.2, 0.25) is 0 Å². The highest BCUT2D eigenvalue weighted by Crippen LogP contribution is 2.19. The van der Waals surface area contributed by atoms with Gasteiger partial charge in [0.1, 0.15) is 0 Å². The molecule has 90 valence electrons. The number of aromatic nitrogens is 2. The minimum absolute atomic E-state index is 0.0131. The van der Waals surface area contributed by atoms with Gasteiger partial charge in [0.2, 0.25) is 0 Å². The van der Waals surface area contributed by atoms with Crippen LogP contribution in [0, 0.1) is 5.41 Å². The fourth-order valence-corrected chi connectivity index (χ4v) is 1.16. The lowest BCUT2D eigenvalue weighted by molar-refractivity contribution is 0.0905. The van der Waals surface area contributed by atoms with E-state index in [2.05, 4.69) is 31.2 Å². The summed E-state index contributed by atoms with van der Waals surface area (Å²) in [6, 6.07) is 0.0569. The van der Waals surface area contributed by atoms with Crippen molar-refractivity contribution in [3.63, 3.8) is 0 Å². The predicted molar refractivity (Wildman–Crippen MR) is 64.0 cm³/mol. The summed E-state index contributed by atoms with van der Waals surface area (Å²) in [5.74, 6) is -0.222. The van der Waals surface area contributed by atoms with Crippen LogP contribution in [0.25, 0.3) is 0 Å². The Morgan fingerprint density at radius 2 is 2.12 bits per heavy atom. The fraction of sp³-hybridized carbons (Fsp3) is 0.636. The highest BCUT2D eigenvalue weighted by Gasteiger charge is 2.24. The minimum Gasteiger partial charge on any atom is -0.396 e. The highest BCUT2D eigenvalue weighted by molar-refractivity contribution is 5.97. The van der Waals surface area contributed by atoms with Gasteiger partial charge in [-0.15, -0.1) is 0 Å². The molecule has 0 aromatic carbocycles. The number of amides is 1. The maximum atomic E-state index is 11.9. The van der Waals surface area contributed by atoms with Gasteiger partial charge in [-0.25, -0.2) is 0 Å². The summed E-state index contributed by atoms with van der Waals surface area (Å²) in [4.78, 5) is 11.9. The third-order valence-electron chi connectivity index (χ3n) is 2.72. The third-order valence-corrected chi connectivity index (χ3v) is 2.72. The molecule has 0 radical (unpaired) electrons. The number of anilines is 1. The Morgan fingerprint density at radius 1 is 1.56 bits per heavy atom. The summed E-state index contributed by atoms with van der Waals surface area (Å²) in [5.41, 5.74) is 6.39. The van der Waals surface area contributed by atoms with Crippen LogP contribution < -0.4 is 11.1 Å². The molecule has 1 aromatic heterocycles. The molecule has 1 atom stereocenters. The molecule has 0 fully saturated rings. The average Bonchev–Trinajstić information content (AvgIpc) is 2.43. The Bertz CT molecular complexity index is 389. The van der Waals surface area contributed by atoms with E-state index >= 15 is 0 Å². The second-order valence-electron chi connectivity index (χ2n) is 5.17. The van der Waals surface area contributed by atoms with Crippen LogP contribution in [0.4, 0.5) is 5.69 Å². The van der Waals surface area contributed by atoms with Crippen LogP contribution in [0.1, 0.15) is 38.2 Å². The molecule has 0 saturated carbocycles. The molecule has 0 aliphatic carbocycles. The van der Waals surface area contributed by atoms with Crippen LogP contribution in [0.5, 0.6) is 0 Å². The number of carbonyl (C=O) groups is 1. The molecule has 0 bridgehead atoms. The summed E-state index contributed by atoms with van der Waals surface area (Å²) < 4.78 is 1.53. The summed E-state index contributed by atoms with van der Waals surface area (Å²) in [5, 5.41) is 6.92. The lowest BCUT2D eigenvalue weighted by Gasteiger charge is -2.27. The Morgan fingerprint density at radius 3 is 2.50 bits per heavy atom. The molecule has 1 unspecified atom stereocenters. The Balaban J connectivity index is 2.77. The summed E-state index contributed by atoms with van der Waals surface area (Å²) in [7, 11) is 1.74. The molecule has 0 aliphatic heterocycles. The van der Waals surface area contributed by atoms with Crippen LogP contribution >= 0.6 is 0 Å². The zero-order valence-corrected chi connectivity index (χ0v) is 10.5. The molecule has 1 heterocycles. The SMILES string of the molecule is CC(NC(=O)c1nn(C)cc1N)C(C)(C)C. The van der Waals surface area contributed by atoms with E-state index in [9.17, 15) is 4.79 Å². The number of nitrogen functional groups attached to an aromatic ring is 1. The van der Waals surface area contributed by atoms with E-state index in [0.29, 0.717) is 11.4 Å². The van der Waals surface area contributed by atoms with E-state index in [1.54, 1.807) is 13.2 Å². The van der Waals surface area contributed by atoms with Gasteiger partial charge in [-0.2, -0.15) is 5.10 Å². The molecule has 1 rings (SSSR count). The molecule has 5 nitrogen and oxygen atoms in total. The van der Waals surface area contributed by atoms with Crippen molar-refractivity contribution < 1.29 is 4.79 Å². The Kier molecular flexibility index (Phi) is 3.26. The van der Waals surface area contributed by atoms with Gasteiger partial charge in [-0.05, 0) is 12.3 Å². The van der Waals surface area contributed by atoms with Crippen LogP contribution in [-0.4, -0.2) is 21.7 Å². The van der Waals surface area contributed by atoms with Crippen LogP contribution in [-0.2, 0) is 7.05 Å². The minimum atomic E-state index is -0.222. The standard InChI is InChI=1S/C11H20N4O/c1-7(11(2,3)4)13-10(16)9-8(12)6-15(5)14-9/h6-7H,12H2,1-5H3,(H,13,16). The molecule has 16 heavy (non-hydrogen) atoms. The van der Waals surface area contributed by atoms with Crippen molar-refractivity contribution in [1.82, 2.24) is 15.1 Å². The molecule has 0 spiro atoms. The Hall–Kier alpha value is -1.52. The molecule has 3 N–H and O–H groups in total. The van der Waals surface area contributed by atoms with Crippen LogP contribution in [0.15, 0.2) is 6.20 Å². The van der Waals surface area contributed by atoms with Gasteiger partial charge in [0.15, 0.2) is 5.69 Å². The zero-order chi connectivity index (χ0) is 12.5. The molecule has 5 heteroatoms. The molecule has 1 amide bonds. The van der Waals surface area contributed by atoms with Gasteiger partial charge in [-0.1, -0.05) is 20.8 Å². The maximum Gasteiger partial charge on any atom is 0.274 e. The summed E-state index contributed by atoms with van der Waals surface area (Å²) in [6.45, 7) is 8.18. The fourth-order valence-electron chi connectivity index (χ4n) is 1.16. The van der Waals surface area contributed by atoms with Crippen molar-refractivity contribution in [1.29, 1.82) is 0 Å². The topological polar surface area (TPSA) is 72.9 Å². The van der Waals surface area contributed by atoms with E-state index in [-0.39, 0.29) is 17.4 Å².